The molecule has 0 fully saturated rings. The zero-order chi connectivity index (χ0) is 11.5. The van der Waals surface area contributed by atoms with Crippen LogP contribution in [0.15, 0.2) is 18.5 Å². The van der Waals surface area contributed by atoms with Crippen molar-refractivity contribution >= 4 is 0 Å². The molecule has 0 spiro atoms. The molecule has 1 unspecified atom stereocenters. The van der Waals surface area contributed by atoms with E-state index >= 15 is 0 Å². The summed E-state index contributed by atoms with van der Waals surface area (Å²) in [4.78, 5) is 4.10. The van der Waals surface area contributed by atoms with E-state index in [0.717, 1.165) is 17.7 Å². The first-order valence-electron chi connectivity index (χ1n) is 5.17. The van der Waals surface area contributed by atoms with Gasteiger partial charge in [-0.05, 0) is 23.5 Å². The van der Waals surface area contributed by atoms with Crippen molar-refractivity contribution in [2.75, 3.05) is 7.11 Å². The molecule has 2 N–H and O–H groups in total. The number of hydrogen-bond donors (Lipinski definition) is 1. The van der Waals surface area contributed by atoms with Crippen molar-refractivity contribution in [2.24, 2.45) is 11.1 Å². The van der Waals surface area contributed by atoms with Crippen LogP contribution in [0.5, 0.6) is 5.75 Å². The molecule has 0 bridgehead atoms. The lowest BCUT2D eigenvalue weighted by Crippen LogP contribution is -2.18. The molecule has 1 aromatic rings. The van der Waals surface area contributed by atoms with E-state index in [1.807, 2.05) is 6.07 Å². The lowest BCUT2D eigenvalue weighted by atomic mass is 9.86. The lowest BCUT2D eigenvalue weighted by Gasteiger charge is -2.23. The molecule has 0 aliphatic carbocycles. The average molecular weight is 208 g/mol. The van der Waals surface area contributed by atoms with Gasteiger partial charge < -0.3 is 10.5 Å². The van der Waals surface area contributed by atoms with E-state index in [0.29, 0.717) is 0 Å². The summed E-state index contributed by atoms with van der Waals surface area (Å²) in [5, 5.41) is 0. The van der Waals surface area contributed by atoms with Gasteiger partial charge in [-0.2, -0.15) is 0 Å². The molecule has 0 radical (unpaired) electrons. The van der Waals surface area contributed by atoms with Gasteiger partial charge in [0.25, 0.3) is 0 Å². The highest BCUT2D eigenvalue weighted by atomic mass is 16.5. The highest BCUT2D eigenvalue weighted by molar-refractivity contribution is 5.25. The van der Waals surface area contributed by atoms with E-state index in [1.165, 1.54) is 0 Å². The van der Waals surface area contributed by atoms with E-state index in [1.54, 1.807) is 19.5 Å². The molecule has 1 heterocycles. The van der Waals surface area contributed by atoms with E-state index < -0.39 is 0 Å². The van der Waals surface area contributed by atoms with E-state index in [4.69, 9.17) is 10.5 Å². The molecule has 0 saturated heterocycles. The van der Waals surface area contributed by atoms with Crippen molar-refractivity contribution in [1.82, 2.24) is 4.98 Å². The average Bonchev–Trinajstić information content (AvgIpc) is 2.15. The van der Waals surface area contributed by atoms with E-state index in [-0.39, 0.29) is 11.5 Å². The van der Waals surface area contributed by atoms with Crippen LogP contribution in [0.2, 0.25) is 0 Å². The third-order valence-corrected chi connectivity index (χ3v) is 2.23. The van der Waals surface area contributed by atoms with Gasteiger partial charge in [-0.25, -0.2) is 0 Å². The Labute approximate surface area is 91.7 Å². The van der Waals surface area contributed by atoms with Crippen molar-refractivity contribution in [3.05, 3.63) is 24.0 Å². The quantitative estimate of drug-likeness (QED) is 0.830. The third-order valence-electron chi connectivity index (χ3n) is 2.23. The largest absolute Gasteiger partial charge is 0.495 e. The summed E-state index contributed by atoms with van der Waals surface area (Å²) in [7, 11) is 1.63. The second kappa shape index (κ2) is 4.62. The molecule has 3 nitrogen and oxygen atoms in total. The van der Waals surface area contributed by atoms with Crippen LogP contribution >= 0.6 is 0 Å². The summed E-state index contributed by atoms with van der Waals surface area (Å²) in [6, 6.07) is 1.97. The molecule has 1 atom stereocenters. The standard InChI is InChI=1S/C12H20N2O/c1-12(2,3)6-11(13)9-5-10(15-4)8-14-7-9/h5,7-8,11H,6,13H2,1-4H3. The normalized spacial score (nSPS) is 13.7. The van der Waals surface area contributed by atoms with Crippen LogP contribution in [0.25, 0.3) is 0 Å². The van der Waals surface area contributed by atoms with Gasteiger partial charge in [0, 0.05) is 12.2 Å². The first-order chi connectivity index (χ1) is 6.92. The first kappa shape index (κ1) is 12.0. The van der Waals surface area contributed by atoms with Crippen LogP contribution in [0.1, 0.15) is 38.8 Å². The molecule has 3 heteroatoms. The Morgan fingerprint density at radius 3 is 2.60 bits per heavy atom. The summed E-state index contributed by atoms with van der Waals surface area (Å²) >= 11 is 0. The fourth-order valence-corrected chi connectivity index (χ4v) is 1.53. The maximum absolute atomic E-state index is 6.11. The van der Waals surface area contributed by atoms with Crippen molar-refractivity contribution in [2.45, 2.75) is 33.2 Å². The number of nitrogens with two attached hydrogens (primary N) is 1. The van der Waals surface area contributed by atoms with Crippen LogP contribution in [-0.4, -0.2) is 12.1 Å². The minimum absolute atomic E-state index is 0.0209. The molecular weight excluding hydrogens is 188 g/mol. The minimum atomic E-state index is 0.0209. The van der Waals surface area contributed by atoms with Crippen molar-refractivity contribution < 1.29 is 4.74 Å². The van der Waals surface area contributed by atoms with Gasteiger partial charge in [-0.1, -0.05) is 20.8 Å². The summed E-state index contributed by atoms with van der Waals surface area (Å²) in [6.07, 6.45) is 4.42. The number of aromatic nitrogens is 1. The van der Waals surface area contributed by atoms with Gasteiger partial charge in [-0.15, -0.1) is 0 Å². The van der Waals surface area contributed by atoms with Gasteiger partial charge in [0.1, 0.15) is 5.75 Å². The maximum Gasteiger partial charge on any atom is 0.137 e. The van der Waals surface area contributed by atoms with Gasteiger partial charge >= 0.3 is 0 Å². The molecule has 0 aliphatic heterocycles. The molecule has 0 aromatic carbocycles. The summed E-state index contributed by atoms with van der Waals surface area (Å²) in [6.45, 7) is 6.54. The summed E-state index contributed by atoms with van der Waals surface area (Å²) in [5.74, 6) is 0.761. The van der Waals surface area contributed by atoms with Gasteiger partial charge in [0.2, 0.25) is 0 Å². The first-order valence-corrected chi connectivity index (χ1v) is 5.17. The molecule has 0 amide bonds. The SMILES string of the molecule is COc1cncc(C(N)CC(C)(C)C)c1. The number of nitrogens with zero attached hydrogens (tertiary/aromatic N) is 1. The number of methoxy groups -OCH3 is 1. The topological polar surface area (TPSA) is 48.1 Å². The summed E-state index contributed by atoms with van der Waals surface area (Å²) < 4.78 is 5.12. The van der Waals surface area contributed by atoms with Gasteiger partial charge in [0.15, 0.2) is 0 Å². The van der Waals surface area contributed by atoms with Gasteiger partial charge in [-0.3, -0.25) is 4.98 Å². The Balaban J connectivity index is 2.77. The number of pyridine rings is 1. The van der Waals surface area contributed by atoms with Crippen LogP contribution in [0.4, 0.5) is 0 Å². The van der Waals surface area contributed by atoms with Crippen LogP contribution < -0.4 is 10.5 Å². The van der Waals surface area contributed by atoms with Crippen molar-refractivity contribution in [1.29, 1.82) is 0 Å². The number of ether oxygens (including phenoxy) is 1. The highest BCUT2D eigenvalue weighted by Gasteiger charge is 2.17. The molecule has 84 valence electrons. The van der Waals surface area contributed by atoms with Crippen LogP contribution in [0.3, 0.4) is 0 Å². The fourth-order valence-electron chi connectivity index (χ4n) is 1.53. The molecule has 0 saturated carbocycles. The minimum Gasteiger partial charge on any atom is -0.495 e. The van der Waals surface area contributed by atoms with E-state index in [9.17, 15) is 0 Å². The maximum atomic E-state index is 6.11. The Bertz CT molecular complexity index is 318. The fraction of sp³-hybridized carbons (Fsp3) is 0.583. The zero-order valence-corrected chi connectivity index (χ0v) is 9.95. The molecule has 0 aliphatic rings. The Kier molecular flexibility index (Phi) is 3.69. The Hall–Kier alpha value is -1.09. The molecule has 1 aromatic heterocycles. The van der Waals surface area contributed by atoms with Gasteiger partial charge in [0.05, 0.1) is 13.3 Å². The smallest absolute Gasteiger partial charge is 0.137 e. The second-order valence-corrected chi connectivity index (χ2v) is 5.03. The van der Waals surface area contributed by atoms with Crippen molar-refractivity contribution in [3.63, 3.8) is 0 Å². The number of rotatable bonds is 3. The monoisotopic (exact) mass is 208 g/mol. The number of hydrogen-bond acceptors (Lipinski definition) is 3. The van der Waals surface area contributed by atoms with Crippen molar-refractivity contribution in [3.8, 4) is 5.75 Å². The van der Waals surface area contributed by atoms with Crippen LogP contribution in [-0.2, 0) is 0 Å². The Morgan fingerprint density at radius 1 is 1.40 bits per heavy atom. The predicted octanol–water partition coefficient (Wildman–Crippen LogP) is 2.53. The lowest BCUT2D eigenvalue weighted by molar-refractivity contribution is 0.341. The Morgan fingerprint density at radius 2 is 2.07 bits per heavy atom. The summed E-state index contributed by atoms with van der Waals surface area (Å²) in [5.41, 5.74) is 7.37. The molecular formula is C12H20N2O. The van der Waals surface area contributed by atoms with E-state index in [2.05, 4.69) is 25.8 Å². The highest BCUT2D eigenvalue weighted by Crippen LogP contribution is 2.28. The second-order valence-electron chi connectivity index (χ2n) is 5.03. The molecule has 1 rings (SSSR count). The molecule has 15 heavy (non-hydrogen) atoms. The predicted molar refractivity (Wildman–Crippen MR) is 61.8 cm³/mol. The zero-order valence-electron chi connectivity index (χ0n) is 9.95. The van der Waals surface area contributed by atoms with Crippen LogP contribution in [0, 0.1) is 5.41 Å². The third kappa shape index (κ3) is 3.88.